The molecule has 0 unspecified atom stereocenters. The predicted molar refractivity (Wildman–Crippen MR) is 143 cm³/mol. The first-order valence-electron chi connectivity index (χ1n) is 12.4. The van der Waals surface area contributed by atoms with Gasteiger partial charge in [-0.15, -0.1) is 0 Å². The van der Waals surface area contributed by atoms with Crippen molar-refractivity contribution in [2.45, 2.75) is 52.3 Å². The number of benzene rings is 1. The zero-order valence-corrected chi connectivity index (χ0v) is 22.2. The minimum absolute atomic E-state index is 0.0608. The highest BCUT2D eigenvalue weighted by Crippen LogP contribution is 2.26. The molecule has 1 aromatic heterocycles. The number of carbonyl (C=O) groups excluding carboxylic acids is 2. The van der Waals surface area contributed by atoms with E-state index in [9.17, 15) is 9.59 Å². The van der Waals surface area contributed by atoms with Crippen LogP contribution < -0.4 is 9.80 Å². The molecule has 1 aliphatic heterocycles. The van der Waals surface area contributed by atoms with E-state index in [0.29, 0.717) is 12.4 Å². The number of likely N-dealkylation sites (tertiary alicyclic amines) is 1. The number of hydrogen-bond donors (Lipinski definition) is 0. The topological polar surface area (TPSA) is 75.2 Å². The number of pyridine rings is 1. The van der Waals surface area contributed by atoms with E-state index in [0.717, 1.165) is 31.6 Å². The van der Waals surface area contributed by atoms with E-state index in [-0.39, 0.29) is 6.04 Å². The standard InChI is InChI=1S/C28H38N4O4/c1-7-35-26(33)15-11-21-10-14-25(29-18-21)32(27(34)36-28(2,3)4)24-16-17-31(20-24)19-22-8-12-23(13-9-22)30(5)6/h8-15,18,24H,7,16-17,19-20H2,1-6H3/b15-11+/t24-/m1/s1. The average Bonchev–Trinajstić information content (AvgIpc) is 3.25. The summed E-state index contributed by atoms with van der Waals surface area (Å²) >= 11 is 0. The lowest BCUT2D eigenvalue weighted by Crippen LogP contribution is -2.45. The molecule has 1 amide bonds. The Morgan fingerprint density at radius 2 is 1.86 bits per heavy atom. The smallest absolute Gasteiger partial charge is 0.416 e. The van der Waals surface area contributed by atoms with Gasteiger partial charge in [0.05, 0.1) is 12.6 Å². The number of nitrogens with zero attached hydrogens (tertiary/aromatic N) is 4. The van der Waals surface area contributed by atoms with Crippen LogP contribution in [0.1, 0.15) is 45.2 Å². The highest BCUT2D eigenvalue weighted by Gasteiger charge is 2.35. The fourth-order valence-corrected chi connectivity index (χ4v) is 4.06. The molecule has 36 heavy (non-hydrogen) atoms. The SMILES string of the molecule is CCOC(=O)/C=C/c1ccc(N(C(=O)OC(C)(C)C)[C@@H]2CCN(Cc3ccc(N(C)C)cc3)C2)nc1. The largest absolute Gasteiger partial charge is 0.463 e. The van der Waals surface area contributed by atoms with Crippen molar-refractivity contribution in [3.05, 3.63) is 59.8 Å². The molecule has 2 aromatic rings. The van der Waals surface area contributed by atoms with Crippen LogP contribution in [0, 0.1) is 0 Å². The quantitative estimate of drug-likeness (QED) is 0.388. The first kappa shape index (κ1) is 27.2. The summed E-state index contributed by atoms with van der Waals surface area (Å²) < 4.78 is 10.7. The molecule has 1 aliphatic rings. The van der Waals surface area contributed by atoms with Gasteiger partial charge in [-0.25, -0.2) is 14.6 Å². The van der Waals surface area contributed by atoms with Crippen molar-refractivity contribution in [1.82, 2.24) is 9.88 Å². The summed E-state index contributed by atoms with van der Waals surface area (Å²) in [5, 5.41) is 0. The average molecular weight is 495 g/mol. The summed E-state index contributed by atoms with van der Waals surface area (Å²) in [5.74, 6) is 0.124. The molecule has 0 saturated carbocycles. The van der Waals surface area contributed by atoms with Crippen LogP contribution in [0.4, 0.5) is 16.3 Å². The van der Waals surface area contributed by atoms with Gasteiger partial charge in [-0.05, 0) is 75.6 Å². The second-order valence-electron chi connectivity index (χ2n) is 10.1. The van der Waals surface area contributed by atoms with Gasteiger partial charge in [-0.1, -0.05) is 12.1 Å². The van der Waals surface area contributed by atoms with Crippen LogP contribution >= 0.6 is 0 Å². The number of esters is 1. The van der Waals surface area contributed by atoms with Crippen LogP contribution in [-0.2, 0) is 20.8 Å². The van der Waals surface area contributed by atoms with Crippen molar-refractivity contribution in [1.29, 1.82) is 0 Å². The van der Waals surface area contributed by atoms with Gasteiger partial charge in [0, 0.05) is 51.7 Å². The Balaban J connectivity index is 1.74. The minimum atomic E-state index is -0.621. The predicted octanol–water partition coefficient (Wildman–Crippen LogP) is 4.74. The summed E-state index contributed by atoms with van der Waals surface area (Å²) in [6, 6.07) is 12.1. The highest BCUT2D eigenvalue weighted by atomic mass is 16.6. The fraction of sp³-hybridized carbons (Fsp3) is 0.464. The number of ether oxygens (including phenoxy) is 2. The lowest BCUT2D eigenvalue weighted by molar-refractivity contribution is -0.137. The molecular formula is C28H38N4O4. The molecule has 2 heterocycles. The molecule has 8 nitrogen and oxygen atoms in total. The van der Waals surface area contributed by atoms with Crippen LogP contribution in [0.3, 0.4) is 0 Å². The Hall–Kier alpha value is -3.39. The maximum absolute atomic E-state index is 13.2. The summed E-state index contributed by atoms with van der Waals surface area (Å²) in [4.78, 5) is 35.5. The van der Waals surface area contributed by atoms with Crippen molar-refractivity contribution < 1.29 is 19.1 Å². The van der Waals surface area contributed by atoms with Gasteiger partial charge in [0.25, 0.3) is 0 Å². The second kappa shape index (κ2) is 12.0. The maximum Gasteiger partial charge on any atom is 0.416 e. The third-order valence-corrected chi connectivity index (χ3v) is 5.78. The second-order valence-corrected chi connectivity index (χ2v) is 10.1. The summed E-state index contributed by atoms with van der Waals surface area (Å²) in [7, 11) is 4.06. The zero-order chi connectivity index (χ0) is 26.3. The van der Waals surface area contributed by atoms with Crippen LogP contribution in [-0.4, -0.2) is 67.4 Å². The number of hydrogen-bond acceptors (Lipinski definition) is 7. The van der Waals surface area contributed by atoms with Crippen LogP contribution in [0.15, 0.2) is 48.7 Å². The normalized spacial score (nSPS) is 16.2. The number of rotatable bonds is 8. The van der Waals surface area contributed by atoms with Crippen molar-refractivity contribution in [2.24, 2.45) is 0 Å². The van der Waals surface area contributed by atoms with E-state index < -0.39 is 17.7 Å². The molecule has 0 aliphatic carbocycles. The Morgan fingerprint density at radius 3 is 2.44 bits per heavy atom. The van der Waals surface area contributed by atoms with E-state index in [2.05, 4.69) is 39.0 Å². The molecule has 194 valence electrons. The number of aromatic nitrogens is 1. The molecule has 3 rings (SSSR count). The van der Waals surface area contributed by atoms with Crippen molar-refractivity contribution >= 4 is 29.6 Å². The van der Waals surface area contributed by atoms with Crippen molar-refractivity contribution in [2.75, 3.05) is 43.6 Å². The summed E-state index contributed by atoms with van der Waals surface area (Å²) in [6.45, 7) is 10.1. The third kappa shape index (κ3) is 7.81. The van der Waals surface area contributed by atoms with Crippen LogP contribution in [0.5, 0.6) is 0 Å². The van der Waals surface area contributed by atoms with Crippen molar-refractivity contribution in [3.8, 4) is 0 Å². The first-order valence-corrected chi connectivity index (χ1v) is 12.4. The van der Waals surface area contributed by atoms with Crippen molar-refractivity contribution in [3.63, 3.8) is 0 Å². The Bertz CT molecular complexity index is 1040. The zero-order valence-electron chi connectivity index (χ0n) is 22.2. The van der Waals surface area contributed by atoms with Crippen LogP contribution in [0.25, 0.3) is 6.08 Å². The van der Waals surface area contributed by atoms with E-state index >= 15 is 0 Å². The minimum Gasteiger partial charge on any atom is -0.463 e. The Kier molecular flexibility index (Phi) is 9.09. The van der Waals surface area contributed by atoms with Gasteiger partial charge in [0.2, 0.25) is 0 Å². The number of carbonyl (C=O) groups is 2. The van der Waals surface area contributed by atoms with E-state index in [1.807, 2.05) is 40.9 Å². The molecule has 1 aromatic carbocycles. The van der Waals surface area contributed by atoms with Gasteiger partial charge in [-0.3, -0.25) is 9.80 Å². The number of amides is 1. The lowest BCUT2D eigenvalue weighted by Gasteiger charge is -2.31. The maximum atomic E-state index is 13.2. The van der Waals surface area contributed by atoms with Gasteiger partial charge < -0.3 is 14.4 Å². The van der Waals surface area contributed by atoms with Gasteiger partial charge in [-0.2, -0.15) is 0 Å². The fourth-order valence-electron chi connectivity index (χ4n) is 4.06. The molecule has 8 heteroatoms. The first-order chi connectivity index (χ1) is 17.1. The van der Waals surface area contributed by atoms with E-state index in [1.165, 1.54) is 17.3 Å². The molecule has 1 fully saturated rings. The molecule has 1 atom stereocenters. The Morgan fingerprint density at radius 1 is 1.14 bits per heavy atom. The summed E-state index contributed by atoms with van der Waals surface area (Å²) in [5.41, 5.74) is 2.52. The lowest BCUT2D eigenvalue weighted by atomic mass is 10.2. The van der Waals surface area contributed by atoms with E-state index in [1.54, 1.807) is 30.2 Å². The highest BCUT2D eigenvalue weighted by molar-refractivity contribution is 5.88. The van der Waals surface area contributed by atoms with Gasteiger partial charge >= 0.3 is 12.1 Å². The van der Waals surface area contributed by atoms with Gasteiger partial charge in [0.15, 0.2) is 0 Å². The monoisotopic (exact) mass is 494 g/mol. The van der Waals surface area contributed by atoms with Crippen LogP contribution in [0.2, 0.25) is 0 Å². The molecule has 0 radical (unpaired) electrons. The third-order valence-electron chi connectivity index (χ3n) is 5.78. The molecule has 0 bridgehead atoms. The summed E-state index contributed by atoms with van der Waals surface area (Å²) in [6.07, 6.45) is 5.06. The van der Waals surface area contributed by atoms with Gasteiger partial charge in [0.1, 0.15) is 11.4 Å². The molecule has 1 saturated heterocycles. The van der Waals surface area contributed by atoms with E-state index in [4.69, 9.17) is 9.47 Å². The molecule has 0 N–H and O–H groups in total. The molecular weight excluding hydrogens is 456 g/mol. The Labute approximate surface area is 214 Å². The number of anilines is 2. The molecule has 0 spiro atoms.